The van der Waals surface area contributed by atoms with Crippen molar-refractivity contribution in [2.24, 2.45) is 11.3 Å². The van der Waals surface area contributed by atoms with Crippen molar-refractivity contribution in [3.8, 4) is 0 Å². The second-order valence-corrected chi connectivity index (χ2v) is 6.74. The summed E-state index contributed by atoms with van der Waals surface area (Å²) in [5.74, 6) is 0.448. The van der Waals surface area contributed by atoms with Gasteiger partial charge in [-0.05, 0) is 43.6 Å². The molecule has 3 nitrogen and oxygen atoms in total. The number of Topliss-reactive ketones (excluding diaryl/α,β-unsaturated/α-hetero) is 1. The van der Waals surface area contributed by atoms with Crippen molar-refractivity contribution in [3.63, 3.8) is 0 Å². The van der Waals surface area contributed by atoms with E-state index in [-0.39, 0.29) is 17.1 Å². The molecule has 0 atom stereocenters. The Labute approximate surface area is 127 Å². The summed E-state index contributed by atoms with van der Waals surface area (Å²) in [7, 11) is 0. The van der Waals surface area contributed by atoms with E-state index in [9.17, 15) is 9.59 Å². The van der Waals surface area contributed by atoms with Crippen LogP contribution in [0.15, 0.2) is 24.3 Å². The molecule has 1 saturated carbocycles. The molecule has 1 aromatic carbocycles. The summed E-state index contributed by atoms with van der Waals surface area (Å²) in [6.45, 7) is 6.68. The van der Waals surface area contributed by atoms with Crippen LogP contribution in [0.1, 0.15) is 67.2 Å². The van der Waals surface area contributed by atoms with Crippen LogP contribution >= 0.6 is 0 Å². The topological polar surface area (TPSA) is 46.2 Å². The first-order valence-electron chi connectivity index (χ1n) is 7.82. The van der Waals surface area contributed by atoms with Gasteiger partial charge in [-0.15, -0.1) is 0 Å². The number of carbonyl (C=O) groups excluding carboxylic acids is 2. The van der Waals surface area contributed by atoms with E-state index in [1.165, 1.54) is 26.2 Å². The van der Waals surface area contributed by atoms with E-state index < -0.39 is 0 Å². The maximum absolute atomic E-state index is 12.4. The van der Waals surface area contributed by atoms with E-state index in [4.69, 9.17) is 0 Å². The molecule has 3 heteroatoms. The fraction of sp³-hybridized carbons (Fsp3) is 0.556. The average molecular weight is 287 g/mol. The monoisotopic (exact) mass is 287 g/mol. The Kier molecular flexibility index (Phi) is 4.81. The van der Waals surface area contributed by atoms with Gasteiger partial charge >= 0.3 is 0 Å². The van der Waals surface area contributed by atoms with Gasteiger partial charge in [-0.25, -0.2) is 0 Å². The number of nitrogens with one attached hydrogen (secondary N) is 1. The second-order valence-electron chi connectivity index (χ2n) is 6.74. The first kappa shape index (κ1) is 15.7. The molecule has 1 aliphatic rings. The lowest BCUT2D eigenvalue weighted by atomic mass is 9.64. The molecule has 1 aromatic rings. The molecule has 0 aromatic heterocycles. The molecule has 1 fully saturated rings. The molecule has 0 spiro atoms. The summed E-state index contributed by atoms with van der Waals surface area (Å²) in [5.41, 5.74) is 1.26. The number of carbonyl (C=O) groups is 2. The van der Waals surface area contributed by atoms with Crippen LogP contribution in [0, 0.1) is 11.3 Å². The van der Waals surface area contributed by atoms with Crippen molar-refractivity contribution in [3.05, 3.63) is 35.4 Å². The van der Waals surface area contributed by atoms with Crippen LogP contribution in [0.2, 0.25) is 0 Å². The van der Waals surface area contributed by atoms with Gasteiger partial charge in [0, 0.05) is 12.1 Å². The minimum atomic E-state index is -0.129. The van der Waals surface area contributed by atoms with Crippen molar-refractivity contribution in [2.45, 2.75) is 46.5 Å². The predicted octanol–water partition coefficient (Wildman–Crippen LogP) is 3.84. The van der Waals surface area contributed by atoms with Gasteiger partial charge in [0.1, 0.15) is 0 Å². The summed E-state index contributed by atoms with van der Waals surface area (Å²) in [5, 5.41) is 3.05. The summed E-state index contributed by atoms with van der Waals surface area (Å²) >= 11 is 0. The number of benzene rings is 1. The van der Waals surface area contributed by atoms with Gasteiger partial charge in [-0.2, -0.15) is 0 Å². The molecule has 0 radical (unpaired) electrons. The van der Waals surface area contributed by atoms with Crippen LogP contribution in [0.5, 0.6) is 0 Å². The standard InChI is InChI=1S/C18H25NO2/c1-13(2)11-18(9-6-10-18)12-19-17(21)16-8-5-4-7-15(16)14(3)20/h4-5,7-8,13H,6,9-12H2,1-3H3,(H,19,21). The lowest BCUT2D eigenvalue weighted by Crippen LogP contribution is -2.43. The van der Waals surface area contributed by atoms with E-state index in [1.807, 2.05) is 0 Å². The Hall–Kier alpha value is -1.64. The maximum atomic E-state index is 12.4. The molecular weight excluding hydrogens is 262 g/mol. The van der Waals surface area contributed by atoms with Crippen LogP contribution in [-0.4, -0.2) is 18.2 Å². The van der Waals surface area contributed by atoms with Gasteiger partial charge in [0.15, 0.2) is 5.78 Å². The Morgan fingerprint density at radius 3 is 2.29 bits per heavy atom. The van der Waals surface area contributed by atoms with Gasteiger partial charge < -0.3 is 5.32 Å². The van der Waals surface area contributed by atoms with Gasteiger partial charge in [-0.1, -0.05) is 38.5 Å². The van der Waals surface area contributed by atoms with Crippen molar-refractivity contribution < 1.29 is 9.59 Å². The minimum absolute atomic E-state index is 0.0683. The molecule has 1 amide bonds. The van der Waals surface area contributed by atoms with Crippen LogP contribution in [0.4, 0.5) is 0 Å². The highest BCUT2D eigenvalue weighted by Crippen LogP contribution is 2.45. The third-order valence-electron chi connectivity index (χ3n) is 4.43. The molecule has 0 unspecified atom stereocenters. The van der Waals surface area contributed by atoms with Crippen LogP contribution in [-0.2, 0) is 0 Å². The Morgan fingerprint density at radius 1 is 1.19 bits per heavy atom. The molecule has 114 valence electrons. The zero-order valence-corrected chi connectivity index (χ0v) is 13.2. The molecule has 2 rings (SSSR count). The predicted molar refractivity (Wildman–Crippen MR) is 84.5 cm³/mol. The smallest absolute Gasteiger partial charge is 0.252 e. The number of rotatable bonds is 6. The molecule has 21 heavy (non-hydrogen) atoms. The summed E-state index contributed by atoms with van der Waals surface area (Å²) < 4.78 is 0. The molecule has 0 heterocycles. The van der Waals surface area contributed by atoms with Crippen LogP contribution < -0.4 is 5.32 Å². The number of hydrogen-bond acceptors (Lipinski definition) is 2. The van der Waals surface area contributed by atoms with Crippen molar-refractivity contribution in [2.75, 3.05) is 6.54 Å². The SMILES string of the molecule is CC(=O)c1ccccc1C(=O)NCC1(CC(C)C)CCC1. The van der Waals surface area contributed by atoms with Crippen molar-refractivity contribution in [1.29, 1.82) is 0 Å². The van der Waals surface area contributed by atoms with Gasteiger partial charge in [0.05, 0.1) is 5.56 Å². The molecule has 0 saturated heterocycles. The van der Waals surface area contributed by atoms with Crippen LogP contribution in [0.3, 0.4) is 0 Å². The summed E-state index contributed by atoms with van der Waals surface area (Å²) in [4.78, 5) is 24.0. The fourth-order valence-corrected chi connectivity index (χ4v) is 3.35. The lowest BCUT2D eigenvalue weighted by Gasteiger charge is -2.43. The highest BCUT2D eigenvalue weighted by molar-refractivity contribution is 6.07. The Balaban J connectivity index is 2.04. The number of hydrogen-bond donors (Lipinski definition) is 1. The normalized spacial score (nSPS) is 16.4. The van der Waals surface area contributed by atoms with E-state index in [2.05, 4.69) is 19.2 Å². The third kappa shape index (κ3) is 3.72. The quantitative estimate of drug-likeness (QED) is 0.808. The average Bonchev–Trinajstić information content (AvgIpc) is 2.40. The van der Waals surface area contributed by atoms with E-state index in [0.29, 0.717) is 17.0 Å². The van der Waals surface area contributed by atoms with Crippen molar-refractivity contribution in [1.82, 2.24) is 5.32 Å². The highest BCUT2D eigenvalue weighted by atomic mass is 16.2. The molecule has 0 aliphatic heterocycles. The Morgan fingerprint density at radius 2 is 1.81 bits per heavy atom. The fourth-order valence-electron chi connectivity index (χ4n) is 3.35. The van der Waals surface area contributed by atoms with Gasteiger partial charge in [0.25, 0.3) is 5.91 Å². The van der Waals surface area contributed by atoms with E-state index >= 15 is 0 Å². The maximum Gasteiger partial charge on any atom is 0.252 e. The first-order chi connectivity index (χ1) is 9.93. The lowest BCUT2D eigenvalue weighted by molar-refractivity contribution is 0.0778. The van der Waals surface area contributed by atoms with Crippen LogP contribution in [0.25, 0.3) is 0 Å². The largest absolute Gasteiger partial charge is 0.351 e. The summed E-state index contributed by atoms with van der Waals surface area (Å²) in [6.07, 6.45) is 4.80. The molecule has 1 aliphatic carbocycles. The number of amides is 1. The Bertz CT molecular complexity index is 530. The van der Waals surface area contributed by atoms with Gasteiger partial charge in [-0.3, -0.25) is 9.59 Å². The zero-order valence-electron chi connectivity index (χ0n) is 13.2. The zero-order chi connectivity index (χ0) is 15.5. The minimum Gasteiger partial charge on any atom is -0.351 e. The third-order valence-corrected chi connectivity index (χ3v) is 4.43. The molecule has 1 N–H and O–H groups in total. The van der Waals surface area contributed by atoms with Gasteiger partial charge in [0.2, 0.25) is 0 Å². The highest BCUT2D eigenvalue weighted by Gasteiger charge is 2.37. The van der Waals surface area contributed by atoms with Crippen molar-refractivity contribution >= 4 is 11.7 Å². The summed E-state index contributed by atoms with van der Waals surface area (Å²) in [6, 6.07) is 7.03. The second kappa shape index (κ2) is 6.42. The number of ketones is 1. The van der Waals surface area contributed by atoms with E-state index in [1.54, 1.807) is 24.3 Å². The molecule has 0 bridgehead atoms. The van der Waals surface area contributed by atoms with E-state index in [0.717, 1.165) is 13.0 Å². The first-order valence-corrected chi connectivity index (χ1v) is 7.82. The molecular formula is C18H25NO2.